The number of benzene rings is 1. The van der Waals surface area contributed by atoms with Crippen LogP contribution >= 0.6 is 0 Å². The van der Waals surface area contributed by atoms with Gasteiger partial charge in [0.25, 0.3) is 0 Å². The third-order valence-electron chi connectivity index (χ3n) is 8.72. The SMILES string of the molecule is c1cnc2c3cnccc3n(-c3cc(-n4c5ccncc5c5cnccc54)cc(-n4c5ccncc5c5cnccc54)c3)c2c1. The molecule has 9 heterocycles. The summed E-state index contributed by atoms with van der Waals surface area (Å²) in [4.78, 5) is 27.0. The molecule has 0 saturated carbocycles. The highest BCUT2D eigenvalue weighted by molar-refractivity contribution is 6.10. The second-order valence-corrected chi connectivity index (χ2v) is 11.0. The summed E-state index contributed by atoms with van der Waals surface area (Å²) in [6.07, 6.45) is 20.6. The van der Waals surface area contributed by atoms with Gasteiger partial charge in [-0.05, 0) is 60.7 Å². The van der Waals surface area contributed by atoms with E-state index in [2.05, 4.69) is 93.2 Å². The lowest BCUT2D eigenvalue weighted by Crippen LogP contribution is -2.03. The van der Waals surface area contributed by atoms with Crippen molar-refractivity contribution in [2.45, 2.75) is 0 Å². The molecular formula is C36H21N9. The maximum Gasteiger partial charge on any atom is 0.0978 e. The largest absolute Gasteiger partial charge is 0.309 e. The van der Waals surface area contributed by atoms with Crippen LogP contribution in [0.3, 0.4) is 0 Å². The molecule has 0 amide bonds. The molecule has 0 aliphatic carbocycles. The molecule has 0 aliphatic heterocycles. The molecule has 0 N–H and O–H groups in total. The zero-order valence-electron chi connectivity index (χ0n) is 23.6. The van der Waals surface area contributed by atoms with Gasteiger partial charge in [0.1, 0.15) is 0 Å². The number of nitrogens with zero attached hydrogens (tertiary/aromatic N) is 9. The Hall–Kier alpha value is -6.48. The molecule has 45 heavy (non-hydrogen) atoms. The summed E-state index contributed by atoms with van der Waals surface area (Å²) in [5, 5.41) is 5.20. The predicted octanol–water partition coefficient (Wildman–Crippen LogP) is 7.35. The van der Waals surface area contributed by atoms with Crippen LogP contribution in [0.5, 0.6) is 0 Å². The fraction of sp³-hybridized carbons (Fsp3) is 0. The third kappa shape index (κ3) is 3.31. The molecule has 9 aromatic heterocycles. The molecule has 0 bridgehead atoms. The Morgan fingerprint density at radius 1 is 0.356 bits per heavy atom. The van der Waals surface area contributed by atoms with Crippen LogP contribution in [0.1, 0.15) is 0 Å². The number of pyridine rings is 6. The summed E-state index contributed by atoms with van der Waals surface area (Å²) >= 11 is 0. The average molecular weight is 580 g/mol. The maximum absolute atomic E-state index is 4.76. The van der Waals surface area contributed by atoms with Crippen molar-refractivity contribution >= 4 is 65.5 Å². The van der Waals surface area contributed by atoms with Gasteiger partial charge in [-0.15, -0.1) is 0 Å². The van der Waals surface area contributed by atoms with E-state index in [0.29, 0.717) is 0 Å². The molecule has 0 aliphatic rings. The first-order valence-corrected chi connectivity index (χ1v) is 14.6. The van der Waals surface area contributed by atoms with Crippen molar-refractivity contribution in [2.24, 2.45) is 0 Å². The smallest absolute Gasteiger partial charge is 0.0978 e. The maximum atomic E-state index is 4.76. The van der Waals surface area contributed by atoms with Gasteiger partial charge in [-0.3, -0.25) is 29.9 Å². The Morgan fingerprint density at radius 3 is 1.13 bits per heavy atom. The van der Waals surface area contributed by atoms with Crippen LogP contribution in [0.25, 0.3) is 82.6 Å². The highest BCUT2D eigenvalue weighted by atomic mass is 15.1. The molecule has 9 heteroatoms. The number of rotatable bonds is 3. The van der Waals surface area contributed by atoms with Crippen LogP contribution < -0.4 is 0 Å². The Bertz CT molecular complexity index is 2310. The minimum Gasteiger partial charge on any atom is -0.309 e. The lowest BCUT2D eigenvalue weighted by Gasteiger charge is -2.17. The topological polar surface area (TPSA) is 92.1 Å². The van der Waals surface area contributed by atoms with Crippen LogP contribution in [-0.2, 0) is 0 Å². The zero-order chi connectivity index (χ0) is 29.5. The molecule has 9 nitrogen and oxygen atoms in total. The van der Waals surface area contributed by atoms with Crippen molar-refractivity contribution < 1.29 is 0 Å². The van der Waals surface area contributed by atoms with Crippen molar-refractivity contribution in [1.29, 1.82) is 0 Å². The Kier molecular flexibility index (Phi) is 4.81. The molecule has 210 valence electrons. The van der Waals surface area contributed by atoms with E-state index < -0.39 is 0 Å². The molecule has 10 rings (SSSR count). The van der Waals surface area contributed by atoms with Crippen LogP contribution in [0, 0.1) is 0 Å². The highest BCUT2D eigenvalue weighted by Crippen LogP contribution is 2.37. The summed E-state index contributed by atoms with van der Waals surface area (Å²) < 4.78 is 6.87. The van der Waals surface area contributed by atoms with Crippen LogP contribution in [0.4, 0.5) is 0 Å². The summed E-state index contributed by atoms with van der Waals surface area (Å²) in [7, 11) is 0. The zero-order valence-corrected chi connectivity index (χ0v) is 23.6. The fourth-order valence-electron chi connectivity index (χ4n) is 6.90. The van der Waals surface area contributed by atoms with E-state index in [1.54, 1.807) is 0 Å². The van der Waals surface area contributed by atoms with Gasteiger partial charge in [-0.2, -0.15) is 0 Å². The minimum atomic E-state index is 0.913. The van der Waals surface area contributed by atoms with Gasteiger partial charge in [0, 0.05) is 95.1 Å². The summed E-state index contributed by atoms with van der Waals surface area (Å²) in [6.45, 7) is 0. The van der Waals surface area contributed by atoms with Crippen LogP contribution in [-0.4, -0.2) is 43.6 Å². The van der Waals surface area contributed by atoms with Crippen LogP contribution in [0.15, 0.2) is 129 Å². The van der Waals surface area contributed by atoms with E-state index >= 15 is 0 Å². The summed E-state index contributed by atoms with van der Waals surface area (Å²) in [5.41, 5.74) is 10.2. The fourth-order valence-corrected chi connectivity index (χ4v) is 6.90. The number of hydrogen-bond donors (Lipinski definition) is 0. The van der Waals surface area contributed by atoms with Crippen molar-refractivity contribution in [3.63, 3.8) is 0 Å². The number of hydrogen-bond acceptors (Lipinski definition) is 6. The van der Waals surface area contributed by atoms with Gasteiger partial charge >= 0.3 is 0 Å². The van der Waals surface area contributed by atoms with Gasteiger partial charge < -0.3 is 13.7 Å². The molecule has 0 unspecified atom stereocenters. The Balaban J connectivity index is 1.38. The summed E-state index contributed by atoms with van der Waals surface area (Å²) in [6, 6.07) is 21.1. The van der Waals surface area contributed by atoms with Gasteiger partial charge in [0.05, 0.1) is 55.7 Å². The van der Waals surface area contributed by atoms with Crippen LogP contribution in [0.2, 0.25) is 0 Å². The first kappa shape index (κ1) is 24.0. The first-order valence-electron chi connectivity index (χ1n) is 14.6. The van der Waals surface area contributed by atoms with E-state index in [-0.39, 0.29) is 0 Å². The molecule has 0 saturated heterocycles. The standard InChI is InChI=1S/C36H21N9/c1-2-35-36(42-8-1)29-21-41-13-7-34(29)45(35)24-15-22(43-30-3-9-37-17-25(30)26-18-38-10-4-31(26)43)14-23(16-24)44-32-5-11-39-19-27(32)28-20-40-12-6-33(28)44/h1-21H. The molecule has 0 radical (unpaired) electrons. The van der Waals surface area contributed by atoms with Gasteiger partial charge in [0.2, 0.25) is 0 Å². The quantitative estimate of drug-likeness (QED) is 0.217. The van der Waals surface area contributed by atoms with E-state index in [4.69, 9.17) is 4.98 Å². The molecule has 0 fully saturated rings. The van der Waals surface area contributed by atoms with Crippen molar-refractivity contribution in [3.8, 4) is 17.1 Å². The second kappa shape index (κ2) is 9.01. The third-order valence-corrected chi connectivity index (χ3v) is 8.72. The molecular weight excluding hydrogens is 558 g/mol. The first-order chi connectivity index (χ1) is 22.3. The number of fused-ring (bicyclic) bond motifs is 9. The van der Waals surface area contributed by atoms with E-state index in [1.807, 2.05) is 74.2 Å². The Labute approximate surface area is 254 Å². The Morgan fingerprint density at radius 2 is 0.711 bits per heavy atom. The normalized spacial score (nSPS) is 12.0. The minimum absolute atomic E-state index is 0.913. The van der Waals surface area contributed by atoms with E-state index in [1.165, 1.54) is 0 Å². The van der Waals surface area contributed by atoms with Gasteiger partial charge in [-0.1, -0.05) is 0 Å². The van der Waals surface area contributed by atoms with Crippen molar-refractivity contribution in [2.75, 3.05) is 0 Å². The molecule has 0 spiro atoms. The van der Waals surface area contributed by atoms with Gasteiger partial charge in [-0.25, -0.2) is 0 Å². The average Bonchev–Trinajstić information content (AvgIpc) is 3.74. The van der Waals surface area contributed by atoms with E-state index in [0.717, 1.165) is 82.6 Å². The van der Waals surface area contributed by atoms with Crippen molar-refractivity contribution in [3.05, 3.63) is 129 Å². The molecule has 1 aromatic carbocycles. The number of aromatic nitrogens is 9. The highest BCUT2D eigenvalue weighted by Gasteiger charge is 2.20. The van der Waals surface area contributed by atoms with E-state index in [9.17, 15) is 0 Å². The van der Waals surface area contributed by atoms with Gasteiger partial charge in [0.15, 0.2) is 0 Å². The lowest BCUT2D eigenvalue weighted by atomic mass is 10.2. The van der Waals surface area contributed by atoms with Crippen molar-refractivity contribution in [1.82, 2.24) is 43.6 Å². The predicted molar refractivity (Wildman–Crippen MR) is 176 cm³/mol. The second-order valence-electron chi connectivity index (χ2n) is 11.0. The monoisotopic (exact) mass is 579 g/mol. The summed E-state index contributed by atoms with van der Waals surface area (Å²) in [5.74, 6) is 0. The lowest BCUT2D eigenvalue weighted by molar-refractivity contribution is 1.09. The molecule has 10 aromatic rings. The molecule has 0 atom stereocenters.